The van der Waals surface area contributed by atoms with Gasteiger partial charge in [-0.15, -0.1) is 0 Å². The number of carbonyl (C=O) groups excluding carboxylic acids is 1. The van der Waals surface area contributed by atoms with Crippen LogP contribution in [0.2, 0.25) is 0 Å². The summed E-state index contributed by atoms with van der Waals surface area (Å²) in [6, 6.07) is 20.1. The molecule has 0 aromatic heterocycles. The van der Waals surface area contributed by atoms with Gasteiger partial charge in [0.05, 0.1) is 19.1 Å². The molecule has 3 rings (SSSR count). The van der Waals surface area contributed by atoms with Gasteiger partial charge in [-0.05, 0) is 17.5 Å². The lowest BCUT2D eigenvalue weighted by atomic mass is 9.96. The highest BCUT2D eigenvalue weighted by Crippen LogP contribution is 2.25. The van der Waals surface area contributed by atoms with E-state index in [0.29, 0.717) is 13.2 Å². The summed E-state index contributed by atoms with van der Waals surface area (Å²) in [6.45, 7) is 1.02. The zero-order chi connectivity index (χ0) is 15.2. The van der Waals surface area contributed by atoms with Crippen molar-refractivity contribution in [1.82, 2.24) is 0 Å². The molecule has 0 unspecified atom stereocenters. The van der Waals surface area contributed by atoms with Crippen molar-refractivity contribution in [3.63, 3.8) is 0 Å². The summed E-state index contributed by atoms with van der Waals surface area (Å²) >= 11 is 0. The Balaban J connectivity index is 1.45. The Kier molecular flexibility index (Phi) is 4.86. The fourth-order valence-electron chi connectivity index (χ4n) is 2.77. The maximum Gasteiger partial charge on any atom is 0.309 e. The topological polar surface area (TPSA) is 35.5 Å². The summed E-state index contributed by atoms with van der Waals surface area (Å²) in [7, 11) is 0. The van der Waals surface area contributed by atoms with Crippen LogP contribution in [-0.4, -0.2) is 18.7 Å². The summed E-state index contributed by atoms with van der Waals surface area (Å²) < 4.78 is 11.1. The number of benzene rings is 2. The first-order valence-electron chi connectivity index (χ1n) is 7.67. The van der Waals surface area contributed by atoms with Crippen LogP contribution in [0.3, 0.4) is 0 Å². The number of rotatable bonds is 6. The molecular formula is C19H20O3. The van der Waals surface area contributed by atoms with E-state index in [1.807, 2.05) is 60.7 Å². The fraction of sp³-hybridized carbons (Fsp3) is 0.316. The number of hydrogen-bond donors (Lipinski definition) is 0. The average Bonchev–Trinajstić information content (AvgIpc) is 2.89. The third-order valence-corrected chi connectivity index (χ3v) is 3.90. The highest BCUT2D eigenvalue weighted by atomic mass is 16.6. The lowest BCUT2D eigenvalue weighted by molar-refractivity contribution is -0.146. The molecule has 0 bridgehead atoms. The van der Waals surface area contributed by atoms with Crippen molar-refractivity contribution in [2.24, 2.45) is 5.92 Å². The third kappa shape index (κ3) is 3.95. The van der Waals surface area contributed by atoms with E-state index < -0.39 is 0 Å². The summed E-state index contributed by atoms with van der Waals surface area (Å²) in [4.78, 5) is 11.9. The SMILES string of the molecule is O=C1O[C@H](COCc2ccccc2)C[C@@H]1Cc1ccccc1. The van der Waals surface area contributed by atoms with E-state index in [2.05, 4.69) is 0 Å². The zero-order valence-corrected chi connectivity index (χ0v) is 12.5. The van der Waals surface area contributed by atoms with Gasteiger partial charge >= 0.3 is 5.97 Å². The van der Waals surface area contributed by atoms with Gasteiger partial charge in [-0.2, -0.15) is 0 Å². The fourth-order valence-corrected chi connectivity index (χ4v) is 2.77. The van der Waals surface area contributed by atoms with Crippen molar-refractivity contribution in [3.05, 3.63) is 71.8 Å². The lowest BCUT2D eigenvalue weighted by Gasteiger charge is -2.09. The number of cyclic esters (lactones) is 1. The molecule has 3 nitrogen and oxygen atoms in total. The number of ether oxygens (including phenoxy) is 2. The average molecular weight is 296 g/mol. The number of esters is 1. The summed E-state index contributed by atoms with van der Waals surface area (Å²) in [5, 5.41) is 0. The van der Waals surface area contributed by atoms with Crippen LogP contribution in [0, 0.1) is 5.92 Å². The first-order chi connectivity index (χ1) is 10.8. The van der Waals surface area contributed by atoms with Crippen molar-refractivity contribution in [2.75, 3.05) is 6.61 Å². The van der Waals surface area contributed by atoms with E-state index in [4.69, 9.17) is 9.47 Å². The van der Waals surface area contributed by atoms with Crippen molar-refractivity contribution in [3.8, 4) is 0 Å². The second kappa shape index (κ2) is 7.23. The molecule has 0 aliphatic carbocycles. The largest absolute Gasteiger partial charge is 0.460 e. The standard InChI is InChI=1S/C19H20O3/c20-19-17(11-15-7-3-1-4-8-15)12-18(22-19)14-21-13-16-9-5-2-6-10-16/h1-10,17-18H,11-14H2/t17-,18-/m0/s1. The molecule has 0 radical (unpaired) electrons. The third-order valence-electron chi connectivity index (χ3n) is 3.90. The van der Waals surface area contributed by atoms with E-state index in [-0.39, 0.29) is 18.0 Å². The molecule has 0 saturated carbocycles. The van der Waals surface area contributed by atoms with E-state index >= 15 is 0 Å². The van der Waals surface area contributed by atoms with Crippen molar-refractivity contribution in [2.45, 2.75) is 25.6 Å². The van der Waals surface area contributed by atoms with Crippen LogP contribution in [0.25, 0.3) is 0 Å². The molecule has 1 fully saturated rings. The molecule has 1 saturated heterocycles. The van der Waals surface area contributed by atoms with Crippen molar-refractivity contribution in [1.29, 1.82) is 0 Å². The minimum atomic E-state index is -0.120. The van der Waals surface area contributed by atoms with Crippen LogP contribution >= 0.6 is 0 Å². The van der Waals surface area contributed by atoms with E-state index in [9.17, 15) is 4.79 Å². The molecule has 2 atom stereocenters. The van der Waals surface area contributed by atoms with Gasteiger partial charge in [0.15, 0.2) is 0 Å². The van der Waals surface area contributed by atoms with Gasteiger partial charge in [-0.25, -0.2) is 0 Å². The van der Waals surface area contributed by atoms with Crippen molar-refractivity contribution >= 4 is 5.97 Å². The molecule has 3 heteroatoms. The van der Waals surface area contributed by atoms with Gasteiger partial charge in [-0.1, -0.05) is 60.7 Å². The molecular weight excluding hydrogens is 276 g/mol. The summed E-state index contributed by atoms with van der Waals surface area (Å²) in [6.07, 6.45) is 1.36. The lowest BCUT2D eigenvalue weighted by Crippen LogP contribution is -2.14. The molecule has 0 spiro atoms. The Labute approximate surface area is 130 Å². The first-order valence-corrected chi connectivity index (χ1v) is 7.67. The Morgan fingerprint density at radius 3 is 2.27 bits per heavy atom. The smallest absolute Gasteiger partial charge is 0.309 e. The Hall–Kier alpha value is -2.13. The minimum Gasteiger partial charge on any atom is -0.460 e. The van der Waals surface area contributed by atoms with Crippen LogP contribution in [0.4, 0.5) is 0 Å². The van der Waals surface area contributed by atoms with Gasteiger partial charge in [0.1, 0.15) is 6.10 Å². The molecule has 2 aromatic carbocycles. The molecule has 0 N–H and O–H groups in total. The minimum absolute atomic E-state index is 0.0484. The molecule has 2 aromatic rings. The Morgan fingerprint density at radius 1 is 0.955 bits per heavy atom. The van der Waals surface area contributed by atoms with Gasteiger partial charge < -0.3 is 9.47 Å². The van der Waals surface area contributed by atoms with Gasteiger partial charge in [0.2, 0.25) is 0 Å². The zero-order valence-electron chi connectivity index (χ0n) is 12.5. The number of carbonyl (C=O) groups is 1. The second-order valence-corrected chi connectivity index (χ2v) is 5.68. The van der Waals surface area contributed by atoms with Crippen LogP contribution in [-0.2, 0) is 27.3 Å². The van der Waals surface area contributed by atoms with Crippen LogP contribution < -0.4 is 0 Å². The summed E-state index contributed by atoms with van der Waals surface area (Å²) in [5.41, 5.74) is 2.31. The van der Waals surface area contributed by atoms with Crippen LogP contribution in [0.15, 0.2) is 60.7 Å². The maximum absolute atomic E-state index is 11.9. The van der Waals surface area contributed by atoms with E-state index in [0.717, 1.165) is 18.4 Å². The molecule has 1 heterocycles. The predicted octanol–water partition coefficient (Wildman–Crippen LogP) is 3.38. The molecule has 1 aliphatic heterocycles. The van der Waals surface area contributed by atoms with Crippen LogP contribution in [0.5, 0.6) is 0 Å². The van der Waals surface area contributed by atoms with Crippen molar-refractivity contribution < 1.29 is 14.3 Å². The molecule has 0 amide bonds. The second-order valence-electron chi connectivity index (χ2n) is 5.68. The van der Waals surface area contributed by atoms with Gasteiger partial charge in [0.25, 0.3) is 0 Å². The summed E-state index contributed by atoms with van der Waals surface area (Å²) in [5.74, 6) is -0.148. The molecule has 114 valence electrons. The van der Waals surface area contributed by atoms with E-state index in [1.165, 1.54) is 5.56 Å². The molecule has 22 heavy (non-hydrogen) atoms. The number of hydrogen-bond acceptors (Lipinski definition) is 3. The maximum atomic E-state index is 11.9. The van der Waals surface area contributed by atoms with Crippen LogP contribution in [0.1, 0.15) is 17.5 Å². The van der Waals surface area contributed by atoms with Gasteiger partial charge in [0, 0.05) is 6.42 Å². The Morgan fingerprint density at radius 2 is 1.59 bits per heavy atom. The highest BCUT2D eigenvalue weighted by Gasteiger charge is 2.34. The molecule has 1 aliphatic rings. The monoisotopic (exact) mass is 296 g/mol. The highest BCUT2D eigenvalue weighted by molar-refractivity contribution is 5.75. The Bertz CT molecular complexity index is 595. The quantitative estimate of drug-likeness (QED) is 0.767. The van der Waals surface area contributed by atoms with Gasteiger partial charge in [-0.3, -0.25) is 4.79 Å². The first kappa shape index (κ1) is 14.8. The van der Waals surface area contributed by atoms with E-state index in [1.54, 1.807) is 0 Å². The predicted molar refractivity (Wildman–Crippen MR) is 84.2 cm³/mol. The normalized spacial score (nSPS) is 20.8.